The Hall–Kier alpha value is -1.56. The average molecular weight is 242 g/mol. The zero-order valence-electron chi connectivity index (χ0n) is 10.8. The van der Waals surface area contributed by atoms with Gasteiger partial charge < -0.3 is 9.64 Å². The van der Waals surface area contributed by atoms with Crippen molar-refractivity contribution < 1.29 is 19.2 Å². The Balaban J connectivity index is 3.01. The summed E-state index contributed by atoms with van der Waals surface area (Å²) < 4.78 is 5.02. The van der Waals surface area contributed by atoms with Gasteiger partial charge in [-0.1, -0.05) is 0 Å². The SMILES string of the molecule is COC1=C(C(=O)N(C)OC)CN(C(C)C)C1=O. The van der Waals surface area contributed by atoms with Crippen LogP contribution < -0.4 is 0 Å². The third-order valence-corrected chi connectivity index (χ3v) is 2.70. The first-order valence-electron chi connectivity index (χ1n) is 5.34. The molecule has 96 valence electrons. The molecule has 2 amide bonds. The summed E-state index contributed by atoms with van der Waals surface area (Å²) in [7, 11) is 4.27. The molecule has 0 atom stereocenters. The molecule has 6 nitrogen and oxygen atoms in total. The molecule has 0 aromatic rings. The molecule has 0 spiro atoms. The quantitative estimate of drug-likeness (QED) is 0.659. The Kier molecular flexibility index (Phi) is 4.11. The molecule has 0 unspecified atom stereocenters. The number of methoxy groups -OCH3 is 1. The lowest BCUT2D eigenvalue weighted by Crippen LogP contribution is -2.35. The van der Waals surface area contributed by atoms with Crippen molar-refractivity contribution in [3.63, 3.8) is 0 Å². The van der Waals surface area contributed by atoms with Crippen molar-refractivity contribution in [2.24, 2.45) is 0 Å². The van der Waals surface area contributed by atoms with E-state index in [2.05, 4.69) is 0 Å². The normalized spacial score (nSPS) is 15.9. The summed E-state index contributed by atoms with van der Waals surface area (Å²) in [4.78, 5) is 30.3. The molecule has 1 aliphatic rings. The van der Waals surface area contributed by atoms with E-state index < -0.39 is 0 Å². The van der Waals surface area contributed by atoms with Crippen LogP contribution in [0, 0.1) is 0 Å². The fraction of sp³-hybridized carbons (Fsp3) is 0.636. The predicted molar refractivity (Wildman–Crippen MR) is 60.7 cm³/mol. The third kappa shape index (κ3) is 2.41. The Bertz CT molecular complexity index is 362. The van der Waals surface area contributed by atoms with Gasteiger partial charge in [0.15, 0.2) is 5.76 Å². The van der Waals surface area contributed by atoms with Crippen LogP contribution in [0.25, 0.3) is 0 Å². The van der Waals surface area contributed by atoms with Crippen molar-refractivity contribution in [1.29, 1.82) is 0 Å². The summed E-state index contributed by atoms with van der Waals surface area (Å²) in [5.74, 6) is -0.510. The molecule has 1 aliphatic heterocycles. The molecule has 0 bridgehead atoms. The molecule has 0 radical (unpaired) electrons. The van der Waals surface area contributed by atoms with Crippen LogP contribution in [0.2, 0.25) is 0 Å². The second-order valence-electron chi connectivity index (χ2n) is 4.02. The van der Waals surface area contributed by atoms with Gasteiger partial charge in [0.05, 0.1) is 26.3 Å². The molecule has 1 heterocycles. The van der Waals surface area contributed by atoms with Gasteiger partial charge in [0.2, 0.25) is 0 Å². The first-order valence-corrected chi connectivity index (χ1v) is 5.34. The minimum Gasteiger partial charge on any atom is -0.491 e. The molecule has 0 saturated carbocycles. The Labute approximate surface area is 101 Å². The van der Waals surface area contributed by atoms with Gasteiger partial charge in [-0.3, -0.25) is 14.4 Å². The fourth-order valence-corrected chi connectivity index (χ4v) is 1.64. The summed E-state index contributed by atoms with van der Waals surface area (Å²) in [5.41, 5.74) is 0.329. The zero-order valence-corrected chi connectivity index (χ0v) is 10.8. The van der Waals surface area contributed by atoms with Gasteiger partial charge in [-0.15, -0.1) is 0 Å². The van der Waals surface area contributed by atoms with Crippen LogP contribution in [0.1, 0.15) is 13.8 Å². The summed E-state index contributed by atoms with van der Waals surface area (Å²) in [5, 5.41) is 1.07. The van der Waals surface area contributed by atoms with Crippen LogP contribution in [0.4, 0.5) is 0 Å². The number of rotatable bonds is 4. The van der Waals surface area contributed by atoms with E-state index in [1.807, 2.05) is 13.8 Å². The highest BCUT2D eigenvalue weighted by Crippen LogP contribution is 2.23. The molecule has 0 N–H and O–H groups in total. The second kappa shape index (κ2) is 5.18. The summed E-state index contributed by atoms with van der Waals surface area (Å²) in [6.45, 7) is 4.03. The summed E-state index contributed by atoms with van der Waals surface area (Å²) in [6.07, 6.45) is 0. The van der Waals surface area contributed by atoms with Gasteiger partial charge in [0.1, 0.15) is 0 Å². The molecule has 17 heavy (non-hydrogen) atoms. The van der Waals surface area contributed by atoms with Crippen LogP contribution in [0.5, 0.6) is 0 Å². The smallest absolute Gasteiger partial charge is 0.290 e. The number of hydroxylamine groups is 2. The number of nitrogens with zero attached hydrogens (tertiary/aromatic N) is 2. The maximum Gasteiger partial charge on any atom is 0.290 e. The lowest BCUT2D eigenvalue weighted by atomic mass is 10.2. The second-order valence-corrected chi connectivity index (χ2v) is 4.02. The van der Waals surface area contributed by atoms with E-state index in [4.69, 9.17) is 9.57 Å². The topological polar surface area (TPSA) is 59.1 Å². The van der Waals surface area contributed by atoms with Crippen molar-refractivity contribution in [3.05, 3.63) is 11.3 Å². The van der Waals surface area contributed by atoms with E-state index in [1.165, 1.54) is 21.3 Å². The molecular formula is C11H18N2O4. The molecule has 0 aliphatic carbocycles. The molecule has 0 aromatic heterocycles. The summed E-state index contributed by atoms with van der Waals surface area (Å²) >= 11 is 0. The van der Waals surface area contributed by atoms with E-state index in [1.54, 1.807) is 4.90 Å². The van der Waals surface area contributed by atoms with Crippen LogP contribution >= 0.6 is 0 Å². The number of hydrogen-bond donors (Lipinski definition) is 0. The lowest BCUT2D eigenvalue weighted by molar-refractivity contribution is -0.164. The number of likely N-dealkylation sites (N-methyl/N-ethyl adjacent to an activating group) is 1. The van der Waals surface area contributed by atoms with Crippen molar-refractivity contribution >= 4 is 11.8 Å². The van der Waals surface area contributed by atoms with Crippen LogP contribution in [0.3, 0.4) is 0 Å². The maximum atomic E-state index is 11.9. The van der Waals surface area contributed by atoms with Gasteiger partial charge in [-0.25, -0.2) is 5.06 Å². The van der Waals surface area contributed by atoms with Gasteiger partial charge in [-0.05, 0) is 13.8 Å². The molecule has 6 heteroatoms. The molecule has 0 aromatic carbocycles. The first-order chi connectivity index (χ1) is 7.93. The zero-order chi connectivity index (χ0) is 13.2. The average Bonchev–Trinajstić information content (AvgIpc) is 2.64. The van der Waals surface area contributed by atoms with Crippen molar-refractivity contribution in [2.75, 3.05) is 27.8 Å². The van der Waals surface area contributed by atoms with Crippen molar-refractivity contribution in [2.45, 2.75) is 19.9 Å². The third-order valence-electron chi connectivity index (χ3n) is 2.70. The highest BCUT2D eigenvalue weighted by Gasteiger charge is 2.37. The Morgan fingerprint density at radius 1 is 1.41 bits per heavy atom. The van der Waals surface area contributed by atoms with Crippen LogP contribution in [-0.2, 0) is 19.2 Å². The van der Waals surface area contributed by atoms with Gasteiger partial charge in [0.25, 0.3) is 11.8 Å². The molecule has 0 fully saturated rings. The minimum absolute atomic E-state index is 0.0193. The molecule has 0 saturated heterocycles. The van der Waals surface area contributed by atoms with Crippen LogP contribution in [0.15, 0.2) is 11.3 Å². The number of hydrogen-bond acceptors (Lipinski definition) is 4. The summed E-state index contributed by atoms with van der Waals surface area (Å²) in [6, 6.07) is 0.0193. The highest BCUT2D eigenvalue weighted by molar-refractivity contribution is 6.06. The van der Waals surface area contributed by atoms with E-state index in [0.717, 1.165) is 5.06 Å². The Morgan fingerprint density at radius 2 is 2.00 bits per heavy atom. The van der Waals surface area contributed by atoms with Crippen molar-refractivity contribution in [1.82, 2.24) is 9.96 Å². The van der Waals surface area contributed by atoms with Crippen LogP contribution in [-0.4, -0.2) is 55.6 Å². The lowest BCUT2D eigenvalue weighted by Gasteiger charge is -2.21. The fourth-order valence-electron chi connectivity index (χ4n) is 1.64. The number of amides is 2. The molecular weight excluding hydrogens is 224 g/mol. The highest BCUT2D eigenvalue weighted by atomic mass is 16.7. The monoisotopic (exact) mass is 242 g/mol. The standard InChI is InChI=1S/C11H18N2O4/c1-7(2)13-6-8(9(16-4)11(13)15)10(14)12(3)17-5/h7H,6H2,1-5H3. The predicted octanol–water partition coefficient (Wildman–Crippen LogP) is 0.157. The van der Waals surface area contributed by atoms with Crippen molar-refractivity contribution in [3.8, 4) is 0 Å². The first kappa shape index (κ1) is 13.5. The molecule has 1 rings (SSSR count). The van der Waals surface area contributed by atoms with E-state index in [0.29, 0.717) is 5.57 Å². The largest absolute Gasteiger partial charge is 0.491 e. The Morgan fingerprint density at radius 3 is 2.41 bits per heavy atom. The van der Waals surface area contributed by atoms with Gasteiger partial charge in [-0.2, -0.15) is 0 Å². The number of carbonyl (C=O) groups is 2. The van der Waals surface area contributed by atoms with E-state index in [9.17, 15) is 9.59 Å². The maximum absolute atomic E-state index is 11.9. The van der Waals surface area contributed by atoms with Gasteiger partial charge in [0, 0.05) is 13.1 Å². The van der Waals surface area contributed by atoms with E-state index in [-0.39, 0.29) is 30.2 Å². The number of ether oxygens (including phenoxy) is 1. The minimum atomic E-state index is -0.360. The van der Waals surface area contributed by atoms with Gasteiger partial charge >= 0.3 is 0 Å². The number of carbonyl (C=O) groups excluding carboxylic acids is 2. The van der Waals surface area contributed by atoms with E-state index >= 15 is 0 Å².